The quantitative estimate of drug-likeness (QED) is 0.733. The Kier molecular flexibility index (Phi) is 2.32. The van der Waals surface area contributed by atoms with Crippen molar-refractivity contribution in [2.45, 2.75) is 12.8 Å². The van der Waals surface area contributed by atoms with E-state index in [4.69, 9.17) is 0 Å². The molecule has 0 unspecified atom stereocenters. The van der Waals surface area contributed by atoms with Crippen LogP contribution in [0.4, 0.5) is 5.69 Å². The molecular formula is C15H12N4O. The van der Waals surface area contributed by atoms with Crippen molar-refractivity contribution in [1.82, 2.24) is 14.4 Å². The molecule has 1 aliphatic heterocycles. The number of nitrogens with zero attached hydrogens (tertiary/aromatic N) is 3. The summed E-state index contributed by atoms with van der Waals surface area (Å²) >= 11 is 0. The normalized spacial score (nSPS) is 14.1. The highest BCUT2D eigenvalue weighted by molar-refractivity contribution is 5.94. The second kappa shape index (κ2) is 4.16. The Hall–Kier alpha value is -2.69. The van der Waals surface area contributed by atoms with Gasteiger partial charge in [-0.05, 0) is 30.2 Å². The van der Waals surface area contributed by atoms with Crippen LogP contribution in [0.15, 0.2) is 42.9 Å². The molecular weight excluding hydrogens is 252 g/mol. The minimum Gasteiger partial charge on any atom is -0.326 e. The van der Waals surface area contributed by atoms with Crippen LogP contribution >= 0.6 is 0 Å². The molecule has 2 aromatic heterocycles. The first-order valence-electron chi connectivity index (χ1n) is 6.52. The van der Waals surface area contributed by atoms with Crippen LogP contribution in [0.1, 0.15) is 12.0 Å². The number of aryl methyl sites for hydroxylation is 1. The topological polar surface area (TPSA) is 59.3 Å². The summed E-state index contributed by atoms with van der Waals surface area (Å²) in [6.07, 6.45) is 6.95. The lowest BCUT2D eigenvalue weighted by molar-refractivity contribution is -0.116. The smallest absolute Gasteiger partial charge is 0.234 e. The van der Waals surface area contributed by atoms with Crippen LogP contribution in [-0.4, -0.2) is 20.3 Å². The first-order valence-corrected chi connectivity index (χ1v) is 6.52. The summed E-state index contributed by atoms with van der Waals surface area (Å²) in [7, 11) is 0. The number of carbonyl (C=O) groups excluding carboxylic acids is 1. The van der Waals surface area contributed by atoms with E-state index >= 15 is 0 Å². The zero-order valence-corrected chi connectivity index (χ0v) is 10.7. The fourth-order valence-corrected chi connectivity index (χ4v) is 2.51. The number of nitrogens with one attached hydrogen (secondary N) is 1. The van der Waals surface area contributed by atoms with E-state index in [1.54, 1.807) is 6.20 Å². The van der Waals surface area contributed by atoms with E-state index < -0.39 is 0 Å². The molecule has 3 aromatic rings. The SMILES string of the molecule is O=C1CCc2cc(-c3cn4cccnc4n3)ccc2N1. The minimum atomic E-state index is 0.0854. The third-order valence-electron chi connectivity index (χ3n) is 3.53. The number of imidazole rings is 1. The van der Waals surface area contributed by atoms with E-state index in [1.807, 2.05) is 35.0 Å². The number of hydrogen-bond acceptors (Lipinski definition) is 3. The molecule has 0 fully saturated rings. The summed E-state index contributed by atoms with van der Waals surface area (Å²) in [4.78, 5) is 20.1. The first kappa shape index (κ1) is 11.2. The number of hydrogen-bond donors (Lipinski definition) is 1. The molecule has 0 bridgehead atoms. The molecule has 4 rings (SSSR count). The van der Waals surface area contributed by atoms with Gasteiger partial charge in [0.15, 0.2) is 0 Å². The van der Waals surface area contributed by atoms with Gasteiger partial charge in [-0.25, -0.2) is 9.97 Å². The highest BCUT2D eigenvalue weighted by Gasteiger charge is 2.15. The number of benzene rings is 1. The summed E-state index contributed by atoms with van der Waals surface area (Å²) in [5, 5.41) is 2.89. The van der Waals surface area contributed by atoms with Gasteiger partial charge in [-0.3, -0.25) is 9.20 Å². The predicted molar refractivity (Wildman–Crippen MR) is 75.4 cm³/mol. The van der Waals surface area contributed by atoms with Crippen LogP contribution in [0, 0.1) is 0 Å². The van der Waals surface area contributed by atoms with Crippen LogP contribution in [0.25, 0.3) is 17.0 Å². The maximum Gasteiger partial charge on any atom is 0.234 e. The van der Waals surface area contributed by atoms with Gasteiger partial charge in [-0.15, -0.1) is 0 Å². The molecule has 0 atom stereocenters. The second-order valence-electron chi connectivity index (χ2n) is 4.87. The summed E-state index contributed by atoms with van der Waals surface area (Å²) in [5.41, 5.74) is 4.01. The van der Waals surface area contributed by atoms with Crippen LogP contribution in [0.3, 0.4) is 0 Å². The molecule has 5 nitrogen and oxygen atoms in total. The van der Waals surface area contributed by atoms with Gasteiger partial charge in [0.25, 0.3) is 0 Å². The van der Waals surface area contributed by atoms with Crippen molar-refractivity contribution >= 4 is 17.4 Å². The minimum absolute atomic E-state index is 0.0854. The van der Waals surface area contributed by atoms with E-state index in [9.17, 15) is 4.79 Å². The lowest BCUT2D eigenvalue weighted by Gasteiger charge is -2.17. The average Bonchev–Trinajstić information content (AvgIpc) is 2.90. The number of amides is 1. The van der Waals surface area contributed by atoms with E-state index in [1.165, 1.54) is 0 Å². The lowest BCUT2D eigenvalue weighted by Crippen LogP contribution is -2.18. The van der Waals surface area contributed by atoms with Crippen LogP contribution in [0.5, 0.6) is 0 Å². The van der Waals surface area contributed by atoms with Gasteiger partial charge in [-0.1, -0.05) is 6.07 Å². The first-order chi connectivity index (χ1) is 9.79. The molecule has 0 saturated heterocycles. The van der Waals surface area contributed by atoms with Crippen LogP contribution in [0.2, 0.25) is 0 Å². The monoisotopic (exact) mass is 264 g/mol. The Morgan fingerprint density at radius 1 is 1.25 bits per heavy atom. The molecule has 0 spiro atoms. The third kappa shape index (κ3) is 1.75. The summed E-state index contributed by atoms with van der Waals surface area (Å²) < 4.78 is 1.90. The molecule has 98 valence electrons. The molecule has 0 aliphatic carbocycles. The van der Waals surface area contributed by atoms with Gasteiger partial charge < -0.3 is 5.32 Å². The molecule has 20 heavy (non-hydrogen) atoms. The van der Waals surface area contributed by atoms with E-state index in [0.29, 0.717) is 12.2 Å². The largest absolute Gasteiger partial charge is 0.326 e. The zero-order chi connectivity index (χ0) is 13.5. The van der Waals surface area contributed by atoms with Gasteiger partial charge in [-0.2, -0.15) is 0 Å². The molecule has 1 N–H and O–H groups in total. The summed E-state index contributed by atoms with van der Waals surface area (Å²) in [5.74, 6) is 0.774. The summed E-state index contributed by atoms with van der Waals surface area (Å²) in [6.45, 7) is 0. The lowest BCUT2D eigenvalue weighted by atomic mass is 9.99. The standard InChI is InChI=1S/C15H12N4O/c20-14-5-3-10-8-11(2-4-12(10)17-14)13-9-19-7-1-6-16-15(19)18-13/h1-2,4,6-9H,3,5H2,(H,17,20). The van der Waals surface area contributed by atoms with Crippen molar-refractivity contribution < 1.29 is 4.79 Å². The highest BCUT2D eigenvalue weighted by atomic mass is 16.1. The number of aromatic nitrogens is 3. The molecule has 0 saturated carbocycles. The average molecular weight is 264 g/mol. The van der Waals surface area contributed by atoms with E-state index in [0.717, 1.165) is 28.9 Å². The van der Waals surface area contributed by atoms with Gasteiger partial charge in [0.2, 0.25) is 11.7 Å². The second-order valence-corrected chi connectivity index (χ2v) is 4.87. The van der Waals surface area contributed by atoms with Crippen molar-refractivity contribution in [1.29, 1.82) is 0 Å². The maximum atomic E-state index is 11.4. The number of fused-ring (bicyclic) bond motifs is 2. The van der Waals surface area contributed by atoms with Gasteiger partial charge >= 0.3 is 0 Å². The van der Waals surface area contributed by atoms with Crippen LogP contribution in [-0.2, 0) is 11.2 Å². The fraction of sp³-hybridized carbons (Fsp3) is 0.133. The van der Waals surface area contributed by atoms with Crippen molar-refractivity contribution in [3.63, 3.8) is 0 Å². The Morgan fingerprint density at radius 2 is 2.20 bits per heavy atom. The highest BCUT2D eigenvalue weighted by Crippen LogP contribution is 2.28. The van der Waals surface area contributed by atoms with Crippen molar-refractivity contribution in [3.8, 4) is 11.3 Å². The Bertz CT molecular complexity index is 789. The molecule has 0 radical (unpaired) electrons. The van der Waals surface area contributed by atoms with Gasteiger partial charge in [0.05, 0.1) is 5.69 Å². The molecule has 1 amide bonds. The number of carbonyl (C=O) groups is 1. The predicted octanol–water partition coefficient (Wildman–Crippen LogP) is 2.28. The molecule has 1 aliphatic rings. The Labute approximate surface area is 115 Å². The maximum absolute atomic E-state index is 11.4. The van der Waals surface area contributed by atoms with Crippen LogP contribution < -0.4 is 5.32 Å². The van der Waals surface area contributed by atoms with E-state index in [-0.39, 0.29) is 5.91 Å². The van der Waals surface area contributed by atoms with Gasteiger partial charge in [0, 0.05) is 36.3 Å². The Balaban J connectivity index is 1.80. The van der Waals surface area contributed by atoms with Crippen molar-refractivity contribution in [2.24, 2.45) is 0 Å². The summed E-state index contributed by atoms with van der Waals surface area (Å²) in [6, 6.07) is 7.89. The number of anilines is 1. The fourth-order valence-electron chi connectivity index (χ4n) is 2.51. The van der Waals surface area contributed by atoms with E-state index in [2.05, 4.69) is 21.4 Å². The van der Waals surface area contributed by atoms with Crippen molar-refractivity contribution in [2.75, 3.05) is 5.32 Å². The molecule has 3 heterocycles. The zero-order valence-electron chi connectivity index (χ0n) is 10.7. The van der Waals surface area contributed by atoms with Gasteiger partial charge in [0.1, 0.15) is 0 Å². The molecule has 1 aromatic carbocycles. The Morgan fingerprint density at radius 3 is 3.10 bits per heavy atom. The van der Waals surface area contributed by atoms with Crippen molar-refractivity contribution in [3.05, 3.63) is 48.4 Å². The number of rotatable bonds is 1. The third-order valence-corrected chi connectivity index (χ3v) is 3.53. The molecule has 5 heteroatoms.